The Bertz CT molecular complexity index is 182. The summed E-state index contributed by atoms with van der Waals surface area (Å²) in [6, 6.07) is 1.06. The lowest BCUT2D eigenvalue weighted by atomic mass is 10.1. The van der Waals surface area contributed by atoms with Crippen LogP contribution in [0.5, 0.6) is 0 Å². The fourth-order valence-corrected chi connectivity index (χ4v) is 3.35. The van der Waals surface area contributed by atoms with Crippen LogP contribution in [0.2, 0.25) is 12.6 Å². The van der Waals surface area contributed by atoms with E-state index in [0.29, 0.717) is 0 Å². The Hall–Kier alpha value is 0.0969. The zero-order valence-corrected chi connectivity index (χ0v) is 12.9. The van der Waals surface area contributed by atoms with Gasteiger partial charge in [0, 0.05) is 19.3 Å². The third-order valence-corrected chi connectivity index (χ3v) is 5.45. The maximum absolute atomic E-state index is 5.85. The highest BCUT2D eigenvalue weighted by Gasteiger charge is 2.29. The lowest BCUT2D eigenvalue weighted by molar-refractivity contribution is 0.203. The second-order valence-corrected chi connectivity index (χ2v) is 8.93. The van der Waals surface area contributed by atoms with Crippen molar-refractivity contribution in [3.05, 3.63) is 0 Å². The Labute approximate surface area is 102 Å². The Balaban J connectivity index is 3.77. The highest BCUT2D eigenvalue weighted by molar-refractivity contribution is 6.65. The molecule has 0 rings (SSSR count). The highest BCUT2D eigenvalue weighted by Crippen LogP contribution is 2.15. The standard InChI is InChI=1S/C12H29NO2Si/c1-7-10-15-16(6,14-5)11-8-9-13-12(2,3)4/h13H,7-11H2,1-6H3. The maximum atomic E-state index is 5.85. The lowest BCUT2D eigenvalue weighted by Crippen LogP contribution is -2.40. The van der Waals surface area contributed by atoms with Gasteiger partial charge in [-0.2, -0.15) is 0 Å². The molecule has 16 heavy (non-hydrogen) atoms. The van der Waals surface area contributed by atoms with E-state index in [9.17, 15) is 0 Å². The fourth-order valence-electron chi connectivity index (χ4n) is 1.42. The average Bonchev–Trinajstić information content (AvgIpc) is 2.20. The Kier molecular flexibility index (Phi) is 7.47. The molecule has 0 heterocycles. The van der Waals surface area contributed by atoms with Crippen LogP contribution in [-0.2, 0) is 8.85 Å². The van der Waals surface area contributed by atoms with Crippen molar-refractivity contribution in [3.8, 4) is 0 Å². The van der Waals surface area contributed by atoms with Gasteiger partial charge in [0.05, 0.1) is 0 Å². The summed E-state index contributed by atoms with van der Waals surface area (Å²) in [6.45, 7) is 12.7. The van der Waals surface area contributed by atoms with Gasteiger partial charge in [-0.25, -0.2) is 0 Å². The summed E-state index contributed by atoms with van der Waals surface area (Å²) < 4.78 is 11.4. The van der Waals surface area contributed by atoms with Gasteiger partial charge in [0.25, 0.3) is 0 Å². The minimum Gasteiger partial charge on any atom is -0.398 e. The van der Waals surface area contributed by atoms with Crippen LogP contribution in [0.15, 0.2) is 0 Å². The van der Waals surface area contributed by atoms with Crippen LogP contribution in [0.4, 0.5) is 0 Å². The Morgan fingerprint density at radius 2 is 1.88 bits per heavy atom. The van der Waals surface area contributed by atoms with Crippen molar-refractivity contribution in [2.75, 3.05) is 20.3 Å². The predicted molar refractivity (Wildman–Crippen MR) is 72.0 cm³/mol. The van der Waals surface area contributed by atoms with Gasteiger partial charge in [-0.15, -0.1) is 0 Å². The SMILES string of the molecule is CCCO[Si](C)(CCCNC(C)(C)C)OC. The molecule has 0 saturated heterocycles. The first-order valence-electron chi connectivity index (χ1n) is 6.27. The average molecular weight is 247 g/mol. The second-order valence-electron chi connectivity index (χ2n) is 5.47. The molecule has 0 spiro atoms. The van der Waals surface area contributed by atoms with Crippen molar-refractivity contribution in [3.63, 3.8) is 0 Å². The van der Waals surface area contributed by atoms with E-state index >= 15 is 0 Å². The van der Waals surface area contributed by atoms with E-state index in [1.807, 2.05) is 0 Å². The van der Waals surface area contributed by atoms with Gasteiger partial charge in [0.1, 0.15) is 0 Å². The van der Waals surface area contributed by atoms with Crippen molar-refractivity contribution in [1.82, 2.24) is 5.32 Å². The summed E-state index contributed by atoms with van der Waals surface area (Å²) in [6.07, 6.45) is 2.18. The first kappa shape index (κ1) is 16.1. The van der Waals surface area contributed by atoms with Gasteiger partial charge < -0.3 is 14.2 Å². The molecule has 0 saturated carbocycles. The van der Waals surface area contributed by atoms with Gasteiger partial charge in [-0.05, 0) is 52.7 Å². The molecule has 0 bridgehead atoms. The highest BCUT2D eigenvalue weighted by atomic mass is 28.4. The van der Waals surface area contributed by atoms with Gasteiger partial charge >= 0.3 is 8.56 Å². The molecule has 0 fully saturated rings. The van der Waals surface area contributed by atoms with Crippen molar-refractivity contribution in [2.45, 2.75) is 58.7 Å². The van der Waals surface area contributed by atoms with Gasteiger partial charge in [-0.1, -0.05) is 6.92 Å². The molecule has 0 aromatic rings. The van der Waals surface area contributed by atoms with E-state index in [-0.39, 0.29) is 5.54 Å². The molecule has 0 aromatic heterocycles. The van der Waals surface area contributed by atoms with E-state index in [4.69, 9.17) is 8.85 Å². The second kappa shape index (κ2) is 7.43. The normalized spacial score (nSPS) is 16.1. The number of hydrogen-bond donors (Lipinski definition) is 1. The van der Waals surface area contributed by atoms with Crippen LogP contribution in [0, 0.1) is 0 Å². The number of rotatable bonds is 8. The smallest absolute Gasteiger partial charge is 0.334 e. The van der Waals surface area contributed by atoms with Crippen molar-refractivity contribution >= 4 is 8.56 Å². The van der Waals surface area contributed by atoms with Crippen LogP contribution >= 0.6 is 0 Å². The van der Waals surface area contributed by atoms with E-state index < -0.39 is 8.56 Å². The van der Waals surface area contributed by atoms with Crippen molar-refractivity contribution in [2.24, 2.45) is 0 Å². The van der Waals surface area contributed by atoms with Crippen LogP contribution in [0.3, 0.4) is 0 Å². The first-order chi connectivity index (χ1) is 7.33. The van der Waals surface area contributed by atoms with Crippen LogP contribution in [0.1, 0.15) is 40.5 Å². The van der Waals surface area contributed by atoms with E-state index in [1.165, 1.54) is 0 Å². The zero-order chi connectivity index (χ0) is 12.7. The third-order valence-electron chi connectivity index (χ3n) is 2.51. The van der Waals surface area contributed by atoms with Gasteiger partial charge in [0.15, 0.2) is 0 Å². The molecule has 1 unspecified atom stereocenters. The van der Waals surface area contributed by atoms with Crippen LogP contribution in [-0.4, -0.2) is 34.4 Å². The molecule has 0 aliphatic carbocycles. The minimum absolute atomic E-state index is 0.204. The maximum Gasteiger partial charge on any atom is 0.334 e. The van der Waals surface area contributed by atoms with Gasteiger partial charge in [-0.3, -0.25) is 0 Å². The summed E-state index contributed by atoms with van der Waals surface area (Å²) in [5.41, 5.74) is 0.204. The molecule has 98 valence electrons. The monoisotopic (exact) mass is 247 g/mol. The van der Waals surface area contributed by atoms with E-state index in [1.54, 1.807) is 7.11 Å². The zero-order valence-electron chi connectivity index (χ0n) is 11.9. The number of nitrogens with one attached hydrogen (secondary N) is 1. The van der Waals surface area contributed by atoms with Gasteiger partial charge in [0.2, 0.25) is 0 Å². The lowest BCUT2D eigenvalue weighted by Gasteiger charge is -2.26. The molecule has 1 atom stereocenters. The largest absolute Gasteiger partial charge is 0.398 e. The topological polar surface area (TPSA) is 30.5 Å². The quantitative estimate of drug-likeness (QED) is 0.528. The Morgan fingerprint density at radius 3 is 2.31 bits per heavy atom. The van der Waals surface area contributed by atoms with E-state index in [2.05, 4.69) is 39.6 Å². The molecule has 0 aliphatic rings. The summed E-state index contributed by atoms with van der Waals surface area (Å²) >= 11 is 0. The molecule has 4 heteroatoms. The summed E-state index contributed by atoms with van der Waals surface area (Å²) in [5.74, 6) is 0. The first-order valence-corrected chi connectivity index (χ1v) is 8.79. The molecule has 0 aromatic carbocycles. The fraction of sp³-hybridized carbons (Fsp3) is 1.00. The summed E-state index contributed by atoms with van der Waals surface area (Å²) in [5, 5.41) is 3.49. The summed E-state index contributed by atoms with van der Waals surface area (Å²) in [7, 11) is -0.104. The molecular formula is C12H29NO2Si. The molecule has 0 aliphatic heterocycles. The Morgan fingerprint density at radius 1 is 1.25 bits per heavy atom. The van der Waals surface area contributed by atoms with E-state index in [0.717, 1.165) is 32.0 Å². The molecular weight excluding hydrogens is 218 g/mol. The minimum atomic E-state index is -1.88. The third kappa shape index (κ3) is 8.27. The molecule has 0 radical (unpaired) electrons. The molecule has 0 amide bonds. The molecule has 3 nitrogen and oxygen atoms in total. The number of hydrogen-bond acceptors (Lipinski definition) is 3. The summed E-state index contributed by atoms with van der Waals surface area (Å²) in [4.78, 5) is 0. The predicted octanol–water partition coefficient (Wildman–Crippen LogP) is 2.91. The molecule has 1 N–H and O–H groups in total. The van der Waals surface area contributed by atoms with Crippen LogP contribution in [0.25, 0.3) is 0 Å². The van der Waals surface area contributed by atoms with Crippen molar-refractivity contribution < 1.29 is 8.85 Å². The van der Waals surface area contributed by atoms with Crippen LogP contribution < -0.4 is 5.32 Å². The van der Waals surface area contributed by atoms with Crippen molar-refractivity contribution in [1.29, 1.82) is 0 Å².